The van der Waals surface area contributed by atoms with Gasteiger partial charge in [-0.25, -0.2) is 4.39 Å². The van der Waals surface area contributed by atoms with E-state index < -0.39 is 23.8 Å². The maximum Gasteiger partial charge on any atom is 0.306 e. The van der Waals surface area contributed by atoms with Gasteiger partial charge in [0.15, 0.2) is 6.10 Å². The zero-order valence-electron chi connectivity index (χ0n) is 14.4. The molecule has 0 aromatic heterocycles. The first-order chi connectivity index (χ1) is 12.4. The molecular formula is C19H19ClFNO4. The average molecular weight is 380 g/mol. The van der Waals surface area contributed by atoms with Crippen molar-refractivity contribution in [1.82, 2.24) is 0 Å². The second kappa shape index (κ2) is 9.20. The van der Waals surface area contributed by atoms with Crippen LogP contribution >= 0.6 is 11.6 Å². The average Bonchev–Trinajstić information content (AvgIpc) is 2.62. The molecule has 0 aliphatic rings. The summed E-state index contributed by atoms with van der Waals surface area (Å²) in [7, 11) is 1.56. The lowest BCUT2D eigenvalue weighted by atomic mass is 10.1. The molecule has 0 aliphatic heterocycles. The molecule has 1 N–H and O–H groups in total. The van der Waals surface area contributed by atoms with Crippen molar-refractivity contribution in [2.45, 2.75) is 25.9 Å². The Labute approximate surface area is 156 Å². The monoisotopic (exact) mass is 379 g/mol. The van der Waals surface area contributed by atoms with Crippen LogP contribution in [0.3, 0.4) is 0 Å². The number of carbonyl (C=O) groups excluding carboxylic acids is 2. The molecule has 0 spiro atoms. The largest absolute Gasteiger partial charge is 0.496 e. The third-order valence-electron chi connectivity index (χ3n) is 3.66. The van der Waals surface area contributed by atoms with E-state index in [0.717, 1.165) is 11.6 Å². The van der Waals surface area contributed by atoms with Crippen LogP contribution in [0.4, 0.5) is 10.1 Å². The summed E-state index contributed by atoms with van der Waals surface area (Å²) in [6, 6.07) is 11.0. The van der Waals surface area contributed by atoms with E-state index in [-0.39, 0.29) is 17.1 Å². The van der Waals surface area contributed by atoms with E-state index >= 15 is 0 Å². The molecule has 5 nitrogen and oxygen atoms in total. The lowest BCUT2D eigenvalue weighted by molar-refractivity contribution is -0.153. The number of esters is 1. The summed E-state index contributed by atoms with van der Waals surface area (Å²) in [5.41, 5.74) is 1.12. The Balaban J connectivity index is 1.86. The molecule has 0 saturated heterocycles. The molecule has 0 fully saturated rings. The maximum atomic E-state index is 13.0. The molecule has 1 atom stereocenters. The van der Waals surface area contributed by atoms with E-state index in [1.54, 1.807) is 7.11 Å². The van der Waals surface area contributed by atoms with Crippen molar-refractivity contribution >= 4 is 29.2 Å². The molecule has 0 unspecified atom stereocenters. The Morgan fingerprint density at radius 3 is 2.65 bits per heavy atom. The van der Waals surface area contributed by atoms with Gasteiger partial charge in [-0.3, -0.25) is 9.59 Å². The minimum Gasteiger partial charge on any atom is -0.496 e. The predicted molar refractivity (Wildman–Crippen MR) is 96.9 cm³/mol. The first-order valence-corrected chi connectivity index (χ1v) is 8.35. The molecule has 1 amide bonds. The smallest absolute Gasteiger partial charge is 0.306 e. The summed E-state index contributed by atoms with van der Waals surface area (Å²) in [6.45, 7) is 1.45. The third kappa shape index (κ3) is 5.46. The lowest BCUT2D eigenvalue weighted by Crippen LogP contribution is -2.30. The highest BCUT2D eigenvalue weighted by molar-refractivity contribution is 6.33. The number of para-hydroxylation sites is 1. The molecule has 0 saturated carbocycles. The van der Waals surface area contributed by atoms with E-state index in [9.17, 15) is 14.0 Å². The fraction of sp³-hybridized carbons (Fsp3) is 0.263. The highest BCUT2D eigenvalue weighted by Crippen LogP contribution is 2.23. The van der Waals surface area contributed by atoms with Crippen molar-refractivity contribution in [3.8, 4) is 5.75 Å². The highest BCUT2D eigenvalue weighted by atomic mass is 35.5. The van der Waals surface area contributed by atoms with Crippen LogP contribution in [0, 0.1) is 5.82 Å². The SMILES string of the molecule is COc1ccccc1CCC(=O)O[C@H](C)C(=O)Nc1ccc(F)cc1Cl. The molecule has 0 heterocycles. The lowest BCUT2D eigenvalue weighted by Gasteiger charge is -2.14. The summed E-state index contributed by atoms with van der Waals surface area (Å²) in [6.07, 6.45) is -0.475. The summed E-state index contributed by atoms with van der Waals surface area (Å²) in [4.78, 5) is 24.1. The highest BCUT2D eigenvalue weighted by Gasteiger charge is 2.19. The van der Waals surface area contributed by atoms with Gasteiger partial charge in [-0.15, -0.1) is 0 Å². The number of ether oxygens (including phenoxy) is 2. The fourth-order valence-electron chi connectivity index (χ4n) is 2.28. The number of carbonyl (C=O) groups is 2. The molecule has 138 valence electrons. The van der Waals surface area contributed by atoms with Crippen LogP contribution in [0.2, 0.25) is 5.02 Å². The van der Waals surface area contributed by atoms with Gasteiger partial charge in [-0.1, -0.05) is 29.8 Å². The second-order valence-electron chi connectivity index (χ2n) is 5.56. The van der Waals surface area contributed by atoms with Crippen molar-refractivity contribution in [1.29, 1.82) is 0 Å². The van der Waals surface area contributed by atoms with Crippen LogP contribution in [-0.4, -0.2) is 25.1 Å². The Morgan fingerprint density at radius 1 is 1.23 bits per heavy atom. The topological polar surface area (TPSA) is 64.6 Å². The third-order valence-corrected chi connectivity index (χ3v) is 3.97. The van der Waals surface area contributed by atoms with Gasteiger partial charge < -0.3 is 14.8 Å². The van der Waals surface area contributed by atoms with Crippen molar-refractivity contribution < 1.29 is 23.5 Å². The van der Waals surface area contributed by atoms with E-state index in [2.05, 4.69) is 5.32 Å². The van der Waals surface area contributed by atoms with Gasteiger partial charge in [0.2, 0.25) is 0 Å². The zero-order chi connectivity index (χ0) is 19.1. The van der Waals surface area contributed by atoms with Gasteiger partial charge in [-0.2, -0.15) is 0 Å². The van der Waals surface area contributed by atoms with Crippen molar-refractivity contribution in [2.24, 2.45) is 0 Å². The number of rotatable bonds is 7. The molecule has 2 rings (SSSR count). The summed E-state index contributed by atoms with van der Waals surface area (Å²) in [5, 5.41) is 2.56. The van der Waals surface area contributed by atoms with Gasteiger partial charge in [0, 0.05) is 6.42 Å². The summed E-state index contributed by atoms with van der Waals surface area (Å²) >= 11 is 5.86. The van der Waals surface area contributed by atoms with Gasteiger partial charge in [0.1, 0.15) is 11.6 Å². The molecule has 26 heavy (non-hydrogen) atoms. The summed E-state index contributed by atoms with van der Waals surface area (Å²) < 4.78 is 23.4. The minimum absolute atomic E-state index is 0.0630. The fourth-order valence-corrected chi connectivity index (χ4v) is 2.50. The number of amides is 1. The minimum atomic E-state index is -1.01. The molecule has 7 heteroatoms. The zero-order valence-corrected chi connectivity index (χ0v) is 15.2. The first kappa shape index (κ1) is 19.7. The Morgan fingerprint density at radius 2 is 1.96 bits per heavy atom. The van der Waals surface area contributed by atoms with Gasteiger partial charge in [0.25, 0.3) is 5.91 Å². The molecule has 0 aliphatic carbocycles. The standard InChI is InChI=1S/C19H19ClFNO4/c1-12(19(24)22-16-9-8-14(21)11-15(16)20)26-18(23)10-7-13-5-3-4-6-17(13)25-2/h3-6,8-9,11-12H,7,10H2,1-2H3,(H,22,24)/t12-/m1/s1. The van der Waals surface area contributed by atoms with Crippen molar-refractivity contribution in [2.75, 3.05) is 12.4 Å². The molecule has 2 aromatic carbocycles. The van der Waals surface area contributed by atoms with Gasteiger partial charge in [-0.05, 0) is 43.2 Å². The van der Waals surface area contributed by atoms with Gasteiger partial charge in [0.05, 0.1) is 17.8 Å². The Bertz CT molecular complexity index is 797. The van der Waals surface area contributed by atoms with Crippen LogP contribution in [0.25, 0.3) is 0 Å². The predicted octanol–water partition coefficient (Wildman–Crippen LogP) is 3.99. The Kier molecular flexibility index (Phi) is 6.97. The van der Waals surface area contributed by atoms with Crippen LogP contribution in [0.5, 0.6) is 5.75 Å². The normalized spacial score (nSPS) is 11.5. The summed E-state index contributed by atoms with van der Waals surface area (Å²) in [5.74, 6) is -0.881. The van der Waals surface area contributed by atoms with Crippen LogP contribution < -0.4 is 10.1 Å². The Hall–Kier alpha value is -2.60. The van der Waals surface area contributed by atoms with Crippen molar-refractivity contribution in [3.63, 3.8) is 0 Å². The number of aryl methyl sites for hydroxylation is 1. The number of benzene rings is 2. The number of anilines is 1. The second-order valence-corrected chi connectivity index (χ2v) is 5.96. The maximum absolute atomic E-state index is 13.0. The molecule has 2 aromatic rings. The van der Waals surface area contributed by atoms with Crippen LogP contribution in [0.15, 0.2) is 42.5 Å². The van der Waals surface area contributed by atoms with Crippen molar-refractivity contribution in [3.05, 3.63) is 58.9 Å². The number of hydrogen-bond acceptors (Lipinski definition) is 4. The van der Waals surface area contributed by atoms with Crippen LogP contribution in [0.1, 0.15) is 18.9 Å². The first-order valence-electron chi connectivity index (χ1n) is 7.98. The number of nitrogens with one attached hydrogen (secondary N) is 1. The number of hydrogen-bond donors (Lipinski definition) is 1. The van der Waals surface area contributed by atoms with E-state index in [1.165, 1.54) is 19.1 Å². The molecule has 0 bridgehead atoms. The van der Waals surface area contributed by atoms with E-state index in [1.807, 2.05) is 24.3 Å². The quantitative estimate of drug-likeness (QED) is 0.739. The van der Waals surface area contributed by atoms with Crippen LogP contribution in [-0.2, 0) is 20.7 Å². The molecule has 0 radical (unpaired) electrons. The van der Waals surface area contributed by atoms with Gasteiger partial charge >= 0.3 is 5.97 Å². The molecular weight excluding hydrogens is 361 g/mol. The van der Waals surface area contributed by atoms with E-state index in [0.29, 0.717) is 12.2 Å². The van der Waals surface area contributed by atoms with E-state index in [4.69, 9.17) is 21.1 Å². The number of methoxy groups -OCH3 is 1. The number of halogens is 2.